The van der Waals surface area contributed by atoms with Gasteiger partial charge in [0.2, 0.25) is 10.0 Å². The molecule has 0 amide bonds. The lowest BCUT2D eigenvalue weighted by molar-refractivity contribution is 0.383. The minimum Gasteiger partial charge on any atom is -0.392 e. The van der Waals surface area contributed by atoms with Crippen molar-refractivity contribution in [3.63, 3.8) is 0 Å². The van der Waals surface area contributed by atoms with Gasteiger partial charge in [-0.1, -0.05) is 24.4 Å². The van der Waals surface area contributed by atoms with E-state index in [1.165, 1.54) is 9.87 Å². The van der Waals surface area contributed by atoms with Crippen LogP contribution in [0.4, 0.5) is 5.69 Å². The molecule has 21 heavy (non-hydrogen) atoms. The van der Waals surface area contributed by atoms with Crippen LogP contribution >= 0.6 is 12.2 Å². The highest BCUT2D eigenvalue weighted by Crippen LogP contribution is 2.20. The van der Waals surface area contributed by atoms with Crippen molar-refractivity contribution in [2.75, 3.05) is 31.1 Å². The first kappa shape index (κ1) is 16.2. The second-order valence-electron chi connectivity index (χ2n) is 5.31. The summed E-state index contributed by atoms with van der Waals surface area (Å²) in [6.07, 6.45) is 0. The quantitative estimate of drug-likeness (QED) is 0.840. The predicted octanol–water partition coefficient (Wildman–Crippen LogP) is 1.12. The first-order chi connectivity index (χ1) is 9.82. The van der Waals surface area contributed by atoms with E-state index in [1.54, 1.807) is 6.92 Å². The Kier molecular flexibility index (Phi) is 4.85. The highest BCUT2D eigenvalue weighted by molar-refractivity contribution is 7.92. The molecule has 0 aromatic heterocycles. The Morgan fingerprint density at radius 1 is 1.29 bits per heavy atom. The van der Waals surface area contributed by atoms with E-state index in [4.69, 9.17) is 18.0 Å². The number of hydrogen-bond donors (Lipinski definition) is 1. The van der Waals surface area contributed by atoms with Crippen molar-refractivity contribution >= 4 is 32.9 Å². The van der Waals surface area contributed by atoms with Crippen LogP contribution in [0, 0.1) is 6.92 Å². The summed E-state index contributed by atoms with van der Waals surface area (Å²) >= 11 is 4.81. The molecule has 2 rings (SSSR count). The molecule has 7 heteroatoms. The van der Waals surface area contributed by atoms with Crippen LogP contribution in [0.5, 0.6) is 0 Å². The molecule has 1 aliphatic rings. The second-order valence-corrected chi connectivity index (χ2v) is 8.04. The lowest BCUT2D eigenvalue weighted by atomic mass is 10.2. The Labute approximate surface area is 131 Å². The molecule has 1 aromatic carbocycles. The van der Waals surface area contributed by atoms with Crippen molar-refractivity contribution in [1.82, 2.24) is 4.31 Å². The maximum Gasteiger partial charge on any atom is 0.223 e. The van der Waals surface area contributed by atoms with E-state index in [1.807, 2.05) is 19.1 Å². The van der Waals surface area contributed by atoms with Crippen LogP contribution in [-0.4, -0.2) is 49.1 Å². The van der Waals surface area contributed by atoms with E-state index >= 15 is 0 Å². The molecule has 1 fully saturated rings. The molecule has 1 saturated heterocycles. The Balaban J connectivity index is 2.05. The summed E-state index contributed by atoms with van der Waals surface area (Å²) in [5.41, 5.74) is 7.81. The number of nitrogens with zero attached hydrogens (tertiary/aromatic N) is 2. The average Bonchev–Trinajstić information content (AvgIpc) is 2.46. The number of benzene rings is 1. The number of sulfonamides is 1. The van der Waals surface area contributed by atoms with Gasteiger partial charge in [-0.2, -0.15) is 4.31 Å². The summed E-state index contributed by atoms with van der Waals surface area (Å²) < 4.78 is 26.2. The van der Waals surface area contributed by atoms with E-state index in [0.717, 1.165) is 5.69 Å². The molecule has 1 heterocycles. The van der Waals surface area contributed by atoms with Gasteiger partial charge < -0.3 is 10.6 Å². The van der Waals surface area contributed by atoms with Crippen LogP contribution in [-0.2, 0) is 10.0 Å². The average molecular weight is 327 g/mol. The normalized spacial score (nSPS) is 18.5. The fourth-order valence-electron chi connectivity index (χ4n) is 2.40. The van der Waals surface area contributed by atoms with Gasteiger partial charge in [-0.3, -0.25) is 0 Å². The summed E-state index contributed by atoms with van der Waals surface area (Å²) in [4.78, 5) is 2.22. The maximum absolute atomic E-state index is 12.4. The maximum atomic E-state index is 12.4. The third-order valence-corrected chi connectivity index (χ3v) is 6.55. The standard InChI is InChI=1S/C14H21N3O2S2/c1-11-4-3-5-13(10-11)16-6-8-17(9-7-16)21(18,19)12(2)14(15)20/h3-5,10,12H,6-9H2,1-2H3,(H2,15,20). The summed E-state index contributed by atoms with van der Waals surface area (Å²) in [5.74, 6) is 0. The number of anilines is 1. The first-order valence-electron chi connectivity index (χ1n) is 6.92. The lowest BCUT2D eigenvalue weighted by Gasteiger charge is -2.36. The number of piperazine rings is 1. The predicted molar refractivity (Wildman–Crippen MR) is 90.1 cm³/mol. The molecule has 0 spiro atoms. The van der Waals surface area contributed by atoms with E-state index in [9.17, 15) is 8.42 Å². The van der Waals surface area contributed by atoms with Gasteiger partial charge in [-0.15, -0.1) is 0 Å². The van der Waals surface area contributed by atoms with Gasteiger partial charge >= 0.3 is 0 Å². The Hall–Kier alpha value is -1.18. The van der Waals surface area contributed by atoms with Gasteiger partial charge in [-0.05, 0) is 31.5 Å². The smallest absolute Gasteiger partial charge is 0.223 e. The number of hydrogen-bond acceptors (Lipinski definition) is 4. The highest BCUT2D eigenvalue weighted by Gasteiger charge is 2.33. The molecule has 116 valence electrons. The molecule has 0 saturated carbocycles. The molecule has 5 nitrogen and oxygen atoms in total. The van der Waals surface area contributed by atoms with Crippen molar-refractivity contribution in [2.45, 2.75) is 19.1 Å². The van der Waals surface area contributed by atoms with Crippen molar-refractivity contribution in [3.8, 4) is 0 Å². The number of rotatable bonds is 4. The van der Waals surface area contributed by atoms with Crippen molar-refractivity contribution in [3.05, 3.63) is 29.8 Å². The van der Waals surface area contributed by atoms with Gasteiger partial charge in [-0.25, -0.2) is 8.42 Å². The topological polar surface area (TPSA) is 66.6 Å². The van der Waals surface area contributed by atoms with Gasteiger partial charge in [0.15, 0.2) is 0 Å². The molecular weight excluding hydrogens is 306 g/mol. The summed E-state index contributed by atoms with van der Waals surface area (Å²) in [5, 5.41) is -0.807. The zero-order valence-electron chi connectivity index (χ0n) is 12.3. The Morgan fingerprint density at radius 2 is 1.90 bits per heavy atom. The van der Waals surface area contributed by atoms with Crippen LogP contribution in [0.1, 0.15) is 12.5 Å². The van der Waals surface area contributed by atoms with Gasteiger partial charge in [0.05, 0.1) is 4.99 Å². The SMILES string of the molecule is Cc1cccc(N2CCN(S(=O)(=O)C(C)C(N)=S)CC2)c1. The summed E-state index contributed by atoms with van der Waals surface area (Å²) in [7, 11) is -3.43. The molecule has 0 radical (unpaired) electrons. The number of aryl methyl sites for hydroxylation is 1. The van der Waals surface area contributed by atoms with Crippen LogP contribution in [0.15, 0.2) is 24.3 Å². The van der Waals surface area contributed by atoms with Crippen molar-refractivity contribution in [2.24, 2.45) is 5.73 Å². The zero-order valence-corrected chi connectivity index (χ0v) is 14.0. The first-order valence-corrected chi connectivity index (χ1v) is 8.83. The summed E-state index contributed by atoms with van der Waals surface area (Å²) in [6, 6.07) is 8.23. The van der Waals surface area contributed by atoms with Crippen LogP contribution in [0.2, 0.25) is 0 Å². The molecule has 1 unspecified atom stereocenters. The van der Waals surface area contributed by atoms with Crippen LogP contribution in [0.25, 0.3) is 0 Å². The van der Waals surface area contributed by atoms with E-state index in [0.29, 0.717) is 26.2 Å². The lowest BCUT2D eigenvalue weighted by Crippen LogP contribution is -2.52. The number of thiocarbonyl (C=S) groups is 1. The molecule has 1 aromatic rings. The van der Waals surface area contributed by atoms with E-state index < -0.39 is 15.3 Å². The third-order valence-electron chi connectivity index (χ3n) is 3.81. The second kappa shape index (κ2) is 6.29. The molecule has 0 aliphatic carbocycles. The van der Waals surface area contributed by atoms with Gasteiger partial charge in [0.25, 0.3) is 0 Å². The van der Waals surface area contributed by atoms with E-state index in [2.05, 4.69) is 17.0 Å². The summed E-state index contributed by atoms with van der Waals surface area (Å²) in [6.45, 7) is 5.87. The van der Waals surface area contributed by atoms with Gasteiger partial charge in [0, 0.05) is 31.9 Å². The third kappa shape index (κ3) is 3.53. The van der Waals surface area contributed by atoms with Crippen LogP contribution < -0.4 is 10.6 Å². The minimum atomic E-state index is -3.43. The van der Waals surface area contributed by atoms with Crippen LogP contribution in [0.3, 0.4) is 0 Å². The Morgan fingerprint density at radius 3 is 2.43 bits per heavy atom. The largest absolute Gasteiger partial charge is 0.392 e. The molecule has 1 aliphatic heterocycles. The Bertz CT molecular complexity index is 623. The minimum absolute atomic E-state index is 0.0242. The van der Waals surface area contributed by atoms with Crippen molar-refractivity contribution < 1.29 is 8.42 Å². The number of nitrogens with two attached hydrogens (primary N) is 1. The molecule has 0 bridgehead atoms. The monoisotopic (exact) mass is 327 g/mol. The zero-order chi connectivity index (χ0) is 15.6. The van der Waals surface area contributed by atoms with Gasteiger partial charge in [0.1, 0.15) is 5.25 Å². The van der Waals surface area contributed by atoms with Crippen molar-refractivity contribution in [1.29, 1.82) is 0 Å². The van der Waals surface area contributed by atoms with E-state index in [-0.39, 0.29) is 4.99 Å². The molecule has 2 N–H and O–H groups in total. The molecule has 1 atom stereocenters. The molecular formula is C14H21N3O2S2. The fourth-order valence-corrected chi connectivity index (χ4v) is 4.17. The fraction of sp³-hybridized carbons (Fsp3) is 0.500. The highest BCUT2D eigenvalue weighted by atomic mass is 32.2.